The molecule has 0 saturated heterocycles. The van der Waals surface area contributed by atoms with E-state index in [1.807, 2.05) is 32.3 Å². The lowest BCUT2D eigenvalue weighted by atomic mass is 9.99. The van der Waals surface area contributed by atoms with Gasteiger partial charge in [0.1, 0.15) is 5.75 Å². The average molecular weight is 398 g/mol. The third-order valence-electron chi connectivity index (χ3n) is 5.15. The molecule has 0 atom stereocenters. The number of nitrogens with zero attached hydrogens (tertiary/aromatic N) is 1. The summed E-state index contributed by atoms with van der Waals surface area (Å²) >= 11 is 0. The number of aryl methyl sites for hydroxylation is 1. The smallest absolute Gasteiger partial charge is 0.345 e. The van der Waals surface area contributed by atoms with E-state index < -0.39 is 22.8 Å². The van der Waals surface area contributed by atoms with E-state index in [0.717, 1.165) is 41.8 Å². The molecule has 2 aromatic heterocycles. The van der Waals surface area contributed by atoms with Gasteiger partial charge in [0.2, 0.25) is 0 Å². The first-order valence-corrected chi connectivity index (χ1v) is 9.54. The molecule has 3 aromatic rings. The molecule has 0 bridgehead atoms. The molecule has 0 spiro atoms. The van der Waals surface area contributed by atoms with Crippen LogP contribution in [0.4, 0.5) is 0 Å². The van der Waals surface area contributed by atoms with Crippen LogP contribution in [0.1, 0.15) is 28.5 Å². The normalized spacial score (nSPS) is 11.3. The SMILES string of the molecule is CCc1c(-c2ccc3c(c2)cc(CNCCNC)n3C)[nH]c(=O)c(C(=O)O)c1O. The fourth-order valence-electron chi connectivity index (χ4n) is 3.58. The van der Waals surface area contributed by atoms with Crippen LogP contribution in [0.2, 0.25) is 0 Å². The van der Waals surface area contributed by atoms with Crippen LogP contribution in [-0.4, -0.2) is 45.9 Å². The van der Waals surface area contributed by atoms with Crippen LogP contribution in [-0.2, 0) is 20.0 Å². The van der Waals surface area contributed by atoms with Gasteiger partial charge in [0.05, 0.1) is 5.69 Å². The Morgan fingerprint density at radius 3 is 2.66 bits per heavy atom. The summed E-state index contributed by atoms with van der Waals surface area (Å²) in [5, 5.41) is 27.1. The summed E-state index contributed by atoms with van der Waals surface area (Å²) in [6.07, 6.45) is 0.381. The van der Waals surface area contributed by atoms with E-state index in [4.69, 9.17) is 0 Å². The number of pyridine rings is 1. The minimum atomic E-state index is -1.45. The van der Waals surface area contributed by atoms with E-state index >= 15 is 0 Å². The fraction of sp³-hybridized carbons (Fsp3) is 0.333. The summed E-state index contributed by atoms with van der Waals surface area (Å²) in [6, 6.07) is 7.85. The molecule has 0 saturated carbocycles. The number of aromatic hydroxyl groups is 1. The molecule has 0 aliphatic carbocycles. The van der Waals surface area contributed by atoms with Crippen LogP contribution in [0, 0.1) is 0 Å². The number of likely N-dealkylation sites (N-methyl/N-ethyl adjacent to an activating group) is 1. The number of rotatable bonds is 8. The van der Waals surface area contributed by atoms with Crippen molar-refractivity contribution in [3.05, 3.63) is 51.4 Å². The lowest BCUT2D eigenvalue weighted by Crippen LogP contribution is -2.25. The van der Waals surface area contributed by atoms with Crippen LogP contribution in [0.15, 0.2) is 29.1 Å². The van der Waals surface area contributed by atoms with Gasteiger partial charge in [-0.2, -0.15) is 0 Å². The number of hydrogen-bond acceptors (Lipinski definition) is 5. The first-order valence-electron chi connectivity index (χ1n) is 9.54. The van der Waals surface area contributed by atoms with E-state index in [9.17, 15) is 19.8 Å². The Balaban J connectivity index is 2.05. The van der Waals surface area contributed by atoms with Crippen LogP contribution in [0.5, 0.6) is 5.75 Å². The molecular formula is C21H26N4O4. The molecule has 0 aliphatic heterocycles. The molecule has 3 rings (SSSR count). The first-order chi connectivity index (χ1) is 13.9. The molecule has 1 aromatic carbocycles. The van der Waals surface area contributed by atoms with Gasteiger partial charge in [-0.05, 0) is 37.2 Å². The van der Waals surface area contributed by atoms with Gasteiger partial charge in [-0.15, -0.1) is 0 Å². The molecule has 0 unspecified atom stereocenters. The summed E-state index contributed by atoms with van der Waals surface area (Å²) < 4.78 is 2.11. The number of H-pyrrole nitrogens is 1. The highest BCUT2D eigenvalue weighted by Gasteiger charge is 2.22. The third-order valence-corrected chi connectivity index (χ3v) is 5.15. The van der Waals surface area contributed by atoms with Gasteiger partial charge in [-0.3, -0.25) is 4.79 Å². The number of aromatic amines is 1. The Morgan fingerprint density at radius 1 is 1.24 bits per heavy atom. The van der Waals surface area contributed by atoms with Crippen LogP contribution in [0.3, 0.4) is 0 Å². The zero-order valence-corrected chi connectivity index (χ0v) is 16.8. The van der Waals surface area contributed by atoms with Crippen molar-refractivity contribution in [3.63, 3.8) is 0 Å². The molecule has 154 valence electrons. The highest BCUT2D eigenvalue weighted by molar-refractivity contribution is 5.92. The van der Waals surface area contributed by atoms with Crippen molar-refractivity contribution in [1.82, 2.24) is 20.2 Å². The van der Waals surface area contributed by atoms with Crippen molar-refractivity contribution in [2.75, 3.05) is 20.1 Å². The number of carboxylic acid groups (broad SMARTS) is 1. The van der Waals surface area contributed by atoms with Crippen LogP contribution < -0.4 is 16.2 Å². The predicted octanol–water partition coefficient (Wildman–Crippen LogP) is 1.81. The summed E-state index contributed by atoms with van der Waals surface area (Å²) in [6.45, 7) is 4.28. The van der Waals surface area contributed by atoms with Crippen LogP contribution in [0.25, 0.3) is 22.2 Å². The van der Waals surface area contributed by atoms with Crippen molar-refractivity contribution in [2.24, 2.45) is 7.05 Å². The Hall–Kier alpha value is -3.10. The van der Waals surface area contributed by atoms with E-state index in [1.54, 1.807) is 6.92 Å². The Labute approximate surface area is 168 Å². The van der Waals surface area contributed by atoms with Crippen molar-refractivity contribution in [1.29, 1.82) is 0 Å². The molecule has 2 heterocycles. The molecule has 0 fully saturated rings. The van der Waals surface area contributed by atoms with Gasteiger partial charge in [0, 0.05) is 48.8 Å². The Morgan fingerprint density at radius 2 is 2.00 bits per heavy atom. The number of aromatic nitrogens is 2. The predicted molar refractivity (Wildman–Crippen MR) is 113 cm³/mol. The third kappa shape index (κ3) is 3.90. The molecule has 8 heteroatoms. The maximum atomic E-state index is 12.2. The Bertz CT molecular complexity index is 1110. The van der Waals surface area contributed by atoms with Gasteiger partial charge < -0.3 is 30.4 Å². The highest BCUT2D eigenvalue weighted by Crippen LogP contribution is 2.32. The Kier molecular flexibility index (Phi) is 6.05. The topological polar surface area (TPSA) is 119 Å². The summed E-state index contributed by atoms with van der Waals surface area (Å²) in [5.74, 6) is -1.92. The van der Waals surface area contributed by atoms with Crippen molar-refractivity contribution in [2.45, 2.75) is 19.9 Å². The molecule has 29 heavy (non-hydrogen) atoms. The zero-order chi connectivity index (χ0) is 21.1. The van der Waals surface area contributed by atoms with Crippen molar-refractivity contribution >= 4 is 16.9 Å². The molecular weight excluding hydrogens is 372 g/mol. The number of carbonyl (C=O) groups is 1. The van der Waals surface area contributed by atoms with E-state index in [-0.39, 0.29) is 0 Å². The van der Waals surface area contributed by atoms with Gasteiger partial charge in [-0.25, -0.2) is 4.79 Å². The second kappa shape index (κ2) is 8.50. The quantitative estimate of drug-likeness (QED) is 0.369. The van der Waals surface area contributed by atoms with Gasteiger partial charge in [0.25, 0.3) is 5.56 Å². The van der Waals surface area contributed by atoms with Gasteiger partial charge >= 0.3 is 5.97 Å². The maximum absolute atomic E-state index is 12.2. The van der Waals surface area contributed by atoms with Gasteiger partial charge in [-0.1, -0.05) is 13.0 Å². The first kappa shape index (κ1) is 20.6. The van der Waals surface area contributed by atoms with Gasteiger partial charge in [0.15, 0.2) is 5.56 Å². The lowest BCUT2D eigenvalue weighted by Gasteiger charge is -2.12. The molecule has 8 nitrogen and oxygen atoms in total. The second-order valence-electron chi connectivity index (χ2n) is 6.94. The number of benzene rings is 1. The second-order valence-corrected chi connectivity index (χ2v) is 6.94. The van der Waals surface area contributed by atoms with Crippen molar-refractivity contribution < 1.29 is 15.0 Å². The average Bonchev–Trinajstić information content (AvgIpc) is 2.99. The van der Waals surface area contributed by atoms with Crippen LogP contribution >= 0.6 is 0 Å². The minimum Gasteiger partial charge on any atom is -0.506 e. The summed E-state index contributed by atoms with van der Waals surface area (Å²) in [5.41, 5.74) is 2.31. The molecule has 0 radical (unpaired) electrons. The monoisotopic (exact) mass is 398 g/mol. The highest BCUT2D eigenvalue weighted by atomic mass is 16.4. The summed E-state index contributed by atoms with van der Waals surface area (Å²) in [7, 11) is 3.92. The standard InChI is InChI=1S/C21H26N4O4/c1-4-15-18(24-20(27)17(19(15)26)21(28)29)12-5-6-16-13(9-12)10-14(25(16)3)11-23-8-7-22-2/h5-6,9-10,22-23H,4,7-8,11H2,1-3H3,(H,28,29)(H2,24,26,27). The molecule has 0 aliphatic rings. The summed E-state index contributed by atoms with van der Waals surface area (Å²) in [4.78, 5) is 26.2. The number of nitrogens with one attached hydrogen (secondary N) is 3. The number of hydrogen-bond donors (Lipinski definition) is 5. The zero-order valence-electron chi connectivity index (χ0n) is 16.8. The maximum Gasteiger partial charge on any atom is 0.345 e. The van der Waals surface area contributed by atoms with Crippen molar-refractivity contribution in [3.8, 4) is 17.0 Å². The van der Waals surface area contributed by atoms with E-state index in [2.05, 4.69) is 26.3 Å². The number of fused-ring (bicyclic) bond motifs is 1. The lowest BCUT2D eigenvalue weighted by molar-refractivity contribution is 0.0691. The molecule has 5 N–H and O–H groups in total. The fourth-order valence-corrected chi connectivity index (χ4v) is 3.58. The minimum absolute atomic E-state index is 0.381. The molecule has 0 amide bonds. The number of carboxylic acids is 1. The van der Waals surface area contributed by atoms with E-state index in [0.29, 0.717) is 17.7 Å². The van der Waals surface area contributed by atoms with E-state index in [1.165, 1.54) is 0 Å². The number of aromatic carboxylic acids is 1. The largest absolute Gasteiger partial charge is 0.506 e.